The number of β-lactam (4-membered cyclic amide) rings is 1. The summed E-state index contributed by atoms with van der Waals surface area (Å²) in [6.07, 6.45) is 3.80. The van der Waals surface area contributed by atoms with Gasteiger partial charge in [0, 0.05) is 50.9 Å². The standard InChI is InChI=1S/C27H25N9O5S3/c1-41-33-19(16-12-44-27(30)31-16)23(37)32-20-24(38)36-21(26(39)40)14(11-43-25(20)36)8-34-5-2-3-17-18(34)4-6-35(17)9-15-7-13(10-42-15)22(28)29/h2-7,10,12,20,25H,8-9,11H2,1H3,(H6-,28,29,30,31,32,37,39,40)/b33-19-/t20-,25-/m1/s1. The number of rotatable bonds is 10. The number of nitrogen functional groups attached to an aromatic ring is 2. The van der Waals surface area contributed by atoms with E-state index in [4.69, 9.17) is 21.7 Å². The topological polar surface area (TPSA) is 209 Å². The third-order valence-corrected chi connectivity index (χ3v) is 10.1. The number of thioether (sulfide) groups is 1. The molecule has 0 bridgehead atoms. The number of pyridine rings is 1. The van der Waals surface area contributed by atoms with E-state index in [0.29, 0.717) is 23.4 Å². The molecule has 6 heterocycles. The van der Waals surface area contributed by atoms with Crippen molar-refractivity contribution < 1.29 is 28.9 Å². The van der Waals surface area contributed by atoms with Crippen molar-refractivity contribution in [1.82, 2.24) is 19.8 Å². The number of anilines is 1. The molecule has 2 aliphatic heterocycles. The molecule has 0 aliphatic carbocycles. The van der Waals surface area contributed by atoms with Crippen LogP contribution in [0.1, 0.15) is 16.1 Å². The van der Waals surface area contributed by atoms with Crippen molar-refractivity contribution in [3.8, 4) is 0 Å². The van der Waals surface area contributed by atoms with Crippen LogP contribution in [0.4, 0.5) is 5.13 Å². The number of carboxylic acid groups (broad SMARTS) is 1. The van der Waals surface area contributed by atoms with Crippen LogP contribution in [-0.2, 0) is 32.3 Å². The zero-order chi connectivity index (χ0) is 31.1. The Hall–Kier alpha value is -4.74. The quantitative estimate of drug-likeness (QED) is 0.0588. The second-order valence-corrected chi connectivity index (χ2v) is 12.9. The Morgan fingerprint density at radius 3 is 2.82 bits per heavy atom. The van der Waals surface area contributed by atoms with Gasteiger partial charge in [0.05, 0.1) is 18.2 Å². The summed E-state index contributed by atoms with van der Waals surface area (Å²) in [4.78, 5) is 49.7. The van der Waals surface area contributed by atoms with E-state index in [2.05, 4.69) is 20.0 Å². The van der Waals surface area contributed by atoms with Crippen molar-refractivity contribution in [2.75, 3.05) is 18.6 Å². The number of hydrogen-bond donors (Lipinski definition) is 4. The van der Waals surface area contributed by atoms with Crippen LogP contribution >= 0.6 is 34.4 Å². The van der Waals surface area contributed by atoms with Gasteiger partial charge < -0.3 is 36.1 Å². The van der Waals surface area contributed by atoms with E-state index in [1.54, 1.807) is 5.38 Å². The monoisotopic (exact) mass is 651 g/mol. The highest BCUT2D eigenvalue weighted by Gasteiger charge is 2.53. The first-order chi connectivity index (χ1) is 21.2. The average molecular weight is 652 g/mol. The molecule has 2 amide bonds. The zero-order valence-corrected chi connectivity index (χ0v) is 25.5. The van der Waals surface area contributed by atoms with Gasteiger partial charge in [-0.3, -0.25) is 19.9 Å². The fourth-order valence-corrected chi connectivity index (χ4v) is 7.93. The van der Waals surface area contributed by atoms with E-state index in [9.17, 15) is 19.5 Å². The molecular formula is C27H25N9O5S3. The van der Waals surface area contributed by atoms with Gasteiger partial charge in [-0.15, -0.1) is 34.4 Å². The Labute approximate surface area is 262 Å². The second kappa shape index (κ2) is 11.7. The maximum absolute atomic E-state index is 13.2. The number of aliphatic carboxylic acids is 1. The summed E-state index contributed by atoms with van der Waals surface area (Å²) in [6, 6.07) is 6.71. The van der Waals surface area contributed by atoms with Crippen LogP contribution in [0.2, 0.25) is 0 Å². The molecule has 226 valence electrons. The molecule has 6 N–H and O–H groups in total. The van der Waals surface area contributed by atoms with Gasteiger partial charge in [-0.25, -0.2) is 4.98 Å². The maximum Gasteiger partial charge on any atom is 0.276 e. The van der Waals surface area contributed by atoms with Crippen LogP contribution in [0.15, 0.2) is 63.8 Å². The summed E-state index contributed by atoms with van der Waals surface area (Å²) in [5, 5.41) is 29.4. The Morgan fingerprint density at radius 2 is 2.14 bits per heavy atom. The number of amides is 2. The number of nitrogens with one attached hydrogen (secondary N) is 2. The smallest absolute Gasteiger partial charge is 0.276 e. The summed E-state index contributed by atoms with van der Waals surface area (Å²) < 4.78 is 3.99. The highest BCUT2D eigenvalue weighted by molar-refractivity contribution is 8.00. The van der Waals surface area contributed by atoms with Gasteiger partial charge in [-0.2, -0.15) is 4.57 Å². The molecule has 2 aliphatic rings. The predicted molar refractivity (Wildman–Crippen MR) is 164 cm³/mol. The molecule has 1 saturated heterocycles. The fourth-order valence-electron chi connectivity index (χ4n) is 5.16. The van der Waals surface area contributed by atoms with Crippen LogP contribution in [0.25, 0.3) is 11.0 Å². The molecular weight excluding hydrogens is 627 g/mol. The molecule has 4 aromatic rings. The van der Waals surface area contributed by atoms with E-state index in [1.807, 2.05) is 46.6 Å². The van der Waals surface area contributed by atoms with Crippen LogP contribution in [0, 0.1) is 5.41 Å². The minimum atomic E-state index is -1.47. The highest BCUT2D eigenvalue weighted by Crippen LogP contribution is 2.40. The number of nitrogens with two attached hydrogens (primary N) is 2. The molecule has 1 fully saturated rings. The number of hydrogen-bond acceptors (Lipinski definition) is 12. The van der Waals surface area contributed by atoms with Gasteiger partial charge in [-0.05, 0) is 12.1 Å². The van der Waals surface area contributed by atoms with Gasteiger partial charge in [0.25, 0.3) is 11.8 Å². The Balaban J connectivity index is 1.22. The van der Waals surface area contributed by atoms with Gasteiger partial charge in [0.2, 0.25) is 5.52 Å². The number of amidine groups is 1. The van der Waals surface area contributed by atoms with E-state index >= 15 is 0 Å². The first-order valence-electron chi connectivity index (χ1n) is 13.1. The van der Waals surface area contributed by atoms with Crippen molar-refractivity contribution in [3.05, 3.63) is 74.8 Å². The molecule has 0 aromatic carbocycles. The van der Waals surface area contributed by atoms with Crippen molar-refractivity contribution in [1.29, 1.82) is 5.41 Å². The number of oxime groups is 1. The van der Waals surface area contributed by atoms with Crippen LogP contribution in [0.3, 0.4) is 0 Å². The molecule has 0 saturated carbocycles. The molecule has 6 rings (SSSR count). The Morgan fingerprint density at radius 1 is 1.32 bits per heavy atom. The number of aromatic nitrogens is 3. The normalized spacial score (nSPS) is 18.2. The number of nitrogens with zero attached hydrogens (tertiary/aromatic N) is 5. The molecule has 44 heavy (non-hydrogen) atoms. The average Bonchev–Trinajstić information content (AvgIpc) is 3.75. The van der Waals surface area contributed by atoms with Crippen molar-refractivity contribution in [2.24, 2.45) is 10.9 Å². The number of carboxylic acids is 1. The summed E-state index contributed by atoms with van der Waals surface area (Å²) in [5.74, 6) is -2.41. The number of carbonyl (C=O) groups excluding carboxylic acids is 3. The molecule has 2 atom stereocenters. The fraction of sp³-hybridized carbons (Fsp3) is 0.222. The Bertz CT molecular complexity index is 1890. The molecule has 0 unspecified atom stereocenters. The summed E-state index contributed by atoms with van der Waals surface area (Å²) in [7, 11) is 1.27. The van der Waals surface area contributed by atoms with Crippen molar-refractivity contribution in [3.63, 3.8) is 0 Å². The van der Waals surface area contributed by atoms with E-state index < -0.39 is 29.2 Å². The van der Waals surface area contributed by atoms with Crippen molar-refractivity contribution >= 4 is 79.9 Å². The second-order valence-electron chi connectivity index (χ2n) is 9.86. The van der Waals surface area contributed by atoms with Gasteiger partial charge >= 0.3 is 0 Å². The first kappa shape index (κ1) is 29.3. The third-order valence-electron chi connectivity index (χ3n) is 7.16. The first-order valence-corrected chi connectivity index (χ1v) is 15.9. The lowest BCUT2D eigenvalue weighted by atomic mass is 10.0. The van der Waals surface area contributed by atoms with E-state index in [0.717, 1.165) is 27.2 Å². The predicted octanol–water partition coefficient (Wildman–Crippen LogP) is -0.184. The summed E-state index contributed by atoms with van der Waals surface area (Å²) >= 11 is 3.99. The van der Waals surface area contributed by atoms with E-state index in [-0.39, 0.29) is 34.6 Å². The lowest BCUT2D eigenvalue weighted by Crippen LogP contribution is -2.71. The van der Waals surface area contributed by atoms with Gasteiger partial charge in [0.1, 0.15) is 35.6 Å². The summed E-state index contributed by atoms with van der Waals surface area (Å²) in [5.41, 5.74) is 14.1. The van der Waals surface area contributed by atoms with Crippen molar-refractivity contribution in [2.45, 2.75) is 24.5 Å². The number of thiophene rings is 1. The largest absolute Gasteiger partial charge is 0.543 e. The zero-order valence-electron chi connectivity index (χ0n) is 23.1. The lowest BCUT2D eigenvalue weighted by Gasteiger charge is -2.50. The molecule has 17 heteroatoms. The molecule has 0 spiro atoms. The molecule has 4 aromatic heterocycles. The van der Waals surface area contributed by atoms with Crippen LogP contribution in [-0.4, -0.2) is 68.1 Å². The highest BCUT2D eigenvalue weighted by atomic mass is 32.2. The summed E-state index contributed by atoms with van der Waals surface area (Å²) in [6.45, 7) is 0.798. The number of thiazole rings is 1. The number of carbonyl (C=O) groups is 3. The maximum atomic E-state index is 13.2. The van der Waals surface area contributed by atoms with Gasteiger partial charge in [0.15, 0.2) is 23.6 Å². The van der Waals surface area contributed by atoms with Gasteiger partial charge in [-0.1, -0.05) is 5.16 Å². The number of fused-ring (bicyclic) bond motifs is 2. The van der Waals surface area contributed by atoms with Crippen LogP contribution < -0.4 is 26.5 Å². The van der Waals surface area contributed by atoms with Crippen LogP contribution in [0.5, 0.6) is 0 Å². The SMILES string of the molecule is CO/N=C(\C(=O)N[C@@H]1C(=O)N2C(C(=O)[O-])=C(C[n+]3cccc4c3ccn4Cc3cc(C(=N)N)cs3)CS[C@H]12)c1csc(N)n1. The minimum Gasteiger partial charge on any atom is -0.543 e. The third kappa shape index (κ3) is 5.29. The Kier molecular flexibility index (Phi) is 7.83. The lowest BCUT2D eigenvalue weighted by molar-refractivity contribution is -0.663. The minimum absolute atomic E-state index is 0.0209. The molecule has 14 nitrogen and oxygen atoms in total. The molecule has 0 radical (unpaired) electrons. The van der Waals surface area contributed by atoms with E-state index in [1.165, 1.54) is 35.1 Å².